The Morgan fingerprint density at radius 1 is 0.875 bits per heavy atom. The summed E-state index contributed by atoms with van der Waals surface area (Å²) in [7, 11) is 0. The molecule has 200 valence electrons. The number of anilines is 2. The third-order valence-corrected chi connectivity index (χ3v) is 7.60. The van der Waals surface area contributed by atoms with E-state index in [0.717, 1.165) is 28.1 Å². The van der Waals surface area contributed by atoms with E-state index in [1.807, 2.05) is 98.8 Å². The fourth-order valence-electron chi connectivity index (χ4n) is 4.01. The van der Waals surface area contributed by atoms with Gasteiger partial charge in [-0.2, -0.15) is 0 Å². The van der Waals surface area contributed by atoms with Crippen molar-refractivity contribution in [2.45, 2.75) is 13.8 Å². The number of rotatable bonds is 8. The summed E-state index contributed by atoms with van der Waals surface area (Å²) in [5.74, 6) is 1.54. The Labute approximate surface area is 242 Å². The molecule has 2 amide bonds. The molecule has 1 aliphatic rings. The molecule has 0 bridgehead atoms. The molecule has 1 aliphatic heterocycles. The van der Waals surface area contributed by atoms with Gasteiger partial charge in [0.1, 0.15) is 17.2 Å². The molecule has 5 rings (SSSR count). The zero-order chi connectivity index (χ0) is 28.1. The van der Waals surface area contributed by atoms with Gasteiger partial charge >= 0.3 is 0 Å². The molecule has 1 fully saturated rings. The van der Waals surface area contributed by atoms with Crippen LogP contribution in [0.4, 0.5) is 11.4 Å². The van der Waals surface area contributed by atoms with Crippen LogP contribution < -0.4 is 19.7 Å². The zero-order valence-corrected chi connectivity index (χ0v) is 23.6. The van der Waals surface area contributed by atoms with Gasteiger partial charge in [-0.3, -0.25) is 14.5 Å². The monoisotopic (exact) mass is 566 g/mol. The van der Waals surface area contributed by atoms with E-state index < -0.39 is 0 Å². The minimum absolute atomic E-state index is 0.111. The molecule has 0 atom stereocenters. The van der Waals surface area contributed by atoms with Gasteiger partial charge in [-0.25, -0.2) is 0 Å². The van der Waals surface area contributed by atoms with Crippen LogP contribution in [0.25, 0.3) is 6.08 Å². The van der Waals surface area contributed by atoms with Crippen LogP contribution in [-0.2, 0) is 9.59 Å². The van der Waals surface area contributed by atoms with E-state index in [1.54, 1.807) is 18.2 Å². The van der Waals surface area contributed by atoms with Crippen LogP contribution in [0.15, 0.2) is 102 Å². The summed E-state index contributed by atoms with van der Waals surface area (Å²) in [4.78, 5) is 27.6. The van der Waals surface area contributed by atoms with E-state index in [4.69, 9.17) is 21.7 Å². The molecule has 1 heterocycles. The van der Waals surface area contributed by atoms with Crippen LogP contribution in [-0.4, -0.2) is 22.7 Å². The van der Waals surface area contributed by atoms with Crippen molar-refractivity contribution in [3.05, 3.63) is 119 Å². The Morgan fingerprint density at radius 2 is 1.55 bits per heavy atom. The fraction of sp³-hybridized carbons (Fsp3) is 0.0938. The van der Waals surface area contributed by atoms with Gasteiger partial charge in [0.25, 0.3) is 11.8 Å². The Bertz CT molecular complexity index is 1580. The van der Waals surface area contributed by atoms with Crippen molar-refractivity contribution < 1.29 is 19.1 Å². The predicted octanol–water partition coefficient (Wildman–Crippen LogP) is 7.52. The highest BCUT2D eigenvalue weighted by Crippen LogP contribution is 2.37. The maximum absolute atomic E-state index is 13.2. The Morgan fingerprint density at radius 3 is 2.27 bits per heavy atom. The first-order valence-electron chi connectivity index (χ1n) is 12.6. The molecule has 0 spiro atoms. The highest BCUT2D eigenvalue weighted by atomic mass is 32.2. The maximum atomic E-state index is 13.2. The van der Waals surface area contributed by atoms with E-state index in [2.05, 4.69) is 5.32 Å². The summed E-state index contributed by atoms with van der Waals surface area (Å²) in [5.41, 5.74) is 4.41. The van der Waals surface area contributed by atoms with Crippen LogP contribution in [0.5, 0.6) is 17.2 Å². The van der Waals surface area contributed by atoms with Gasteiger partial charge in [-0.05, 0) is 91.2 Å². The molecule has 0 aromatic heterocycles. The summed E-state index contributed by atoms with van der Waals surface area (Å²) in [6, 6.07) is 29.7. The van der Waals surface area contributed by atoms with Gasteiger partial charge in [0.15, 0.2) is 10.9 Å². The summed E-state index contributed by atoms with van der Waals surface area (Å²) >= 11 is 6.76. The van der Waals surface area contributed by atoms with Gasteiger partial charge in [0.05, 0.1) is 10.6 Å². The van der Waals surface area contributed by atoms with Crippen LogP contribution in [0.2, 0.25) is 0 Å². The van der Waals surface area contributed by atoms with E-state index in [9.17, 15) is 9.59 Å². The minimum atomic E-state index is -0.235. The summed E-state index contributed by atoms with van der Waals surface area (Å²) < 4.78 is 12.0. The number of nitrogens with zero attached hydrogens (tertiary/aromatic N) is 1. The Balaban J connectivity index is 1.19. The van der Waals surface area contributed by atoms with Crippen molar-refractivity contribution in [2.75, 3.05) is 16.8 Å². The first-order chi connectivity index (χ1) is 19.4. The molecule has 0 radical (unpaired) electrons. The van der Waals surface area contributed by atoms with E-state index in [1.165, 1.54) is 16.7 Å². The SMILES string of the molecule is Cc1cccc(NC(=O)COc2ccc(/C=C3\SC(=S)N(c4ccc(Oc5ccccc5)cc4)C3=O)cc2)c1C. The molecular weight excluding hydrogens is 540 g/mol. The number of hydrogen-bond donors (Lipinski definition) is 1. The first-order valence-corrected chi connectivity index (χ1v) is 13.8. The van der Waals surface area contributed by atoms with Crippen LogP contribution in [0.1, 0.15) is 16.7 Å². The van der Waals surface area contributed by atoms with E-state index in [0.29, 0.717) is 26.4 Å². The van der Waals surface area contributed by atoms with Gasteiger partial charge in [0, 0.05) is 5.69 Å². The molecule has 8 heteroatoms. The molecule has 0 aliphatic carbocycles. The molecule has 1 N–H and O–H groups in total. The van der Waals surface area contributed by atoms with Crippen LogP contribution in [0.3, 0.4) is 0 Å². The van der Waals surface area contributed by atoms with Crippen molar-refractivity contribution >= 4 is 57.6 Å². The van der Waals surface area contributed by atoms with Gasteiger partial charge in [-0.1, -0.05) is 66.4 Å². The normalized spacial score (nSPS) is 13.9. The van der Waals surface area contributed by atoms with Crippen molar-refractivity contribution in [1.82, 2.24) is 0 Å². The maximum Gasteiger partial charge on any atom is 0.270 e. The molecule has 0 unspecified atom stereocenters. The highest BCUT2D eigenvalue weighted by molar-refractivity contribution is 8.27. The second-order valence-corrected chi connectivity index (χ2v) is 10.8. The summed E-state index contributed by atoms with van der Waals surface area (Å²) in [6.07, 6.45) is 1.79. The molecule has 4 aromatic carbocycles. The fourth-order valence-corrected chi connectivity index (χ4v) is 5.31. The standard InChI is InChI=1S/C32H26N2O4S2/c1-21-7-6-10-28(22(21)2)33-30(35)20-37-25-15-11-23(12-16-25)19-29-31(36)34(32(39)40-29)24-13-17-27(18-14-24)38-26-8-4-3-5-9-26/h3-19H,20H2,1-2H3,(H,33,35)/b29-19-. The number of ether oxygens (including phenoxy) is 2. The van der Waals surface area contributed by atoms with Gasteiger partial charge < -0.3 is 14.8 Å². The lowest BCUT2D eigenvalue weighted by Crippen LogP contribution is -2.27. The Kier molecular flexibility index (Phi) is 8.28. The average molecular weight is 567 g/mol. The minimum Gasteiger partial charge on any atom is -0.484 e. The second kappa shape index (κ2) is 12.2. The molecule has 0 saturated carbocycles. The third kappa shape index (κ3) is 6.42. The van der Waals surface area contributed by atoms with E-state index in [-0.39, 0.29) is 18.4 Å². The number of amides is 2. The molecule has 4 aromatic rings. The third-order valence-electron chi connectivity index (χ3n) is 6.29. The highest BCUT2D eigenvalue weighted by Gasteiger charge is 2.33. The van der Waals surface area contributed by atoms with Crippen molar-refractivity contribution in [1.29, 1.82) is 0 Å². The zero-order valence-electron chi connectivity index (χ0n) is 21.9. The van der Waals surface area contributed by atoms with Crippen LogP contribution >= 0.6 is 24.0 Å². The lowest BCUT2D eigenvalue weighted by Gasteiger charge is -2.15. The van der Waals surface area contributed by atoms with Crippen LogP contribution in [0, 0.1) is 13.8 Å². The lowest BCUT2D eigenvalue weighted by atomic mass is 10.1. The second-order valence-electron chi connectivity index (χ2n) is 9.08. The predicted molar refractivity (Wildman–Crippen MR) is 165 cm³/mol. The number of thioether (sulfide) groups is 1. The molecule has 1 saturated heterocycles. The van der Waals surface area contributed by atoms with Crippen molar-refractivity contribution in [2.24, 2.45) is 0 Å². The number of thiocarbonyl (C=S) groups is 1. The number of nitrogens with one attached hydrogen (secondary N) is 1. The number of aryl methyl sites for hydroxylation is 1. The largest absolute Gasteiger partial charge is 0.484 e. The average Bonchev–Trinajstić information content (AvgIpc) is 3.24. The number of benzene rings is 4. The quantitative estimate of drug-likeness (QED) is 0.176. The summed E-state index contributed by atoms with van der Waals surface area (Å²) in [5, 5.41) is 2.88. The number of carbonyl (C=O) groups is 2. The lowest BCUT2D eigenvalue weighted by molar-refractivity contribution is -0.118. The number of para-hydroxylation sites is 1. The molecular formula is C32H26N2O4S2. The first kappa shape index (κ1) is 27.2. The topological polar surface area (TPSA) is 67.9 Å². The van der Waals surface area contributed by atoms with Gasteiger partial charge in [0.2, 0.25) is 0 Å². The molecule has 6 nitrogen and oxygen atoms in total. The smallest absolute Gasteiger partial charge is 0.270 e. The van der Waals surface area contributed by atoms with Crippen molar-refractivity contribution in [3.63, 3.8) is 0 Å². The summed E-state index contributed by atoms with van der Waals surface area (Å²) in [6.45, 7) is 3.86. The number of carbonyl (C=O) groups excluding carboxylic acids is 2. The van der Waals surface area contributed by atoms with E-state index >= 15 is 0 Å². The molecule has 40 heavy (non-hydrogen) atoms. The van der Waals surface area contributed by atoms with Gasteiger partial charge in [-0.15, -0.1) is 0 Å². The van der Waals surface area contributed by atoms with Crippen molar-refractivity contribution in [3.8, 4) is 17.2 Å². The number of hydrogen-bond acceptors (Lipinski definition) is 6. The Hall–Kier alpha value is -4.40.